The summed E-state index contributed by atoms with van der Waals surface area (Å²) in [6, 6.07) is 10.5. The highest BCUT2D eigenvalue weighted by Gasteiger charge is 2.46. The first-order chi connectivity index (χ1) is 10.8. The quantitative estimate of drug-likeness (QED) is 0.798. The Morgan fingerprint density at radius 2 is 1.87 bits per heavy atom. The van der Waals surface area contributed by atoms with Crippen molar-refractivity contribution in [3.8, 4) is 0 Å². The number of likely N-dealkylation sites (tertiary alicyclic amines) is 1. The highest BCUT2D eigenvalue weighted by atomic mass is 16.6. The van der Waals surface area contributed by atoms with Crippen LogP contribution >= 0.6 is 0 Å². The first kappa shape index (κ1) is 17.8. The van der Waals surface area contributed by atoms with Gasteiger partial charge in [0.1, 0.15) is 5.60 Å². The summed E-state index contributed by atoms with van der Waals surface area (Å²) in [4.78, 5) is 13.9. The molecule has 1 heterocycles. The molecule has 1 aliphatic rings. The van der Waals surface area contributed by atoms with Crippen molar-refractivity contribution in [2.24, 2.45) is 5.41 Å². The van der Waals surface area contributed by atoms with E-state index in [1.807, 2.05) is 33.8 Å². The topological polar surface area (TPSA) is 38.8 Å². The van der Waals surface area contributed by atoms with Crippen LogP contribution < -0.4 is 0 Å². The van der Waals surface area contributed by atoms with Crippen LogP contribution in [-0.2, 0) is 15.9 Å². The molecule has 0 unspecified atom stereocenters. The van der Waals surface area contributed by atoms with Gasteiger partial charge in [-0.05, 0) is 46.1 Å². The van der Waals surface area contributed by atoms with Gasteiger partial charge in [-0.3, -0.25) is 0 Å². The Bertz CT molecular complexity index is 501. The summed E-state index contributed by atoms with van der Waals surface area (Å²) < 4.78 is 11.1. The molecule has 128 valence electrons. The first-order valence-electron chi connectivity index (χ1n) is 8.43. The minimum atomic E-state index is -0.445. The van der Waals surface area contributed by atoms with E-state index >= 15 is 0 Å². The second-order valence-corrected chi connectivity index (χ2v) is 7.46. The predicted octanol–water partition coefficient (Wildman–Crippen LogP) is 3.89. The average Bonchev–Trinajstić information content (AvgIpc) is 2.45. The third-order valence-corrected chi connectivity index (χ3v) is 4.10. The van der Waals surface area contributed by atoms with Gasteiger partial charge in [0.25, 0.3) is 0 Å². The van der Waals surface area contributed by atoms with Gasteiger partial charge in [-0.25, -0.2) is 4.79 Å². The number of carbonyl (C=O) groups is 1. The molecule has 0 N–H and O–H groups in total. The maximum atomic E-state index is 12.1. The number of rotatable bonds is 6. The van der Waals surface area contributed by atoms with Crippen LogP contribution in [0, 0.1) is 5.41 Å². The number of aryl methyl sites for hydroxylation is 1. The van der Waals surface area contributed by atoms with Crippen LogP contribution in [0.3, 0.4) is 0 Å². The second kappa shape index (κ2) is 7.35. The molecule has 23 heavy (non-hydrogen) atoms. The summed E-state index contributed by atoms with van der Waals surface area (Å²) in [5, 5.41) is 0. The molecule has 1 aromatic rings. The van der Waals surface area contributed by atoms with Crippen molar-refractivity contribution in [1.29, 1.82) is 0 Å². The smallest absolute Gasteiger partial charge is 0.410 e. The van der Waals surface area contributed by atoms with E-state index in [9.17, 15) is 4.79 Å². The van der Waals surface area contributed by atoms with Gasteiger partial charge in [-0.15, -0.1) is 0 Å². The van der Waals surface area contributed by atoms with Crippen molar-refractivity contribution in [1.82, 2.24) is 4.90 Å². The number of carbonyl (C=O) groups excluding carboxylic acids is 1. The Kier molecular flexibility index (Phi) is 5.69. The third kappa shape index (κ3) is 5.24. The third-order valence-electron chi connectivity index (χ3n) is 4.10. The minimum Gasteiger partial charge on any atom is -0.444 e. The van der Waals surface area contributed by atoms with E-state index in [1.165, 1.54) is 5.56 Å². The van der Waals surface area contributed by atoms with Crippen LogP contribution in [0.4, 0.5) is 4.79 Å². The molecule has 1 amide bonds. The Morgan fingerprint density at radius 3 is 2.43 bits per heavy atom. The van der Waals surface area contributed by atoms with Gasteiger partial charge in [0.2, 0.25) is 0 Å². The van der Waals surface area contributed by atoms with E-state index in [0.717, 1.165) is 25.9 Å². The molecule has 1 saturated heterocycles. The van der Waals surface area contributed by atoms with Crippen molar-refractivity contribution < 1.29 is 14.3 Å². The fourth-order valence-corrected chi connectivity index (χ4v) is 2.91. The lowest BCUT2D eigenvalue weighted by Crippen LogP contribution is -2.61. The molecule has 0 aromatic heterocycles. The number of benzene rings is 1. The zero-order valence-corrected chi connectivity index (χ0v) is 14.8. The van der Waals surface area contributed by atoms with Crippen LogP contribution in [0.25, 0.3) is 0 Å². The molecule has 4 nitrogen and oxygen atoms in total. The molecule has 0 bridgehead atoms. The number of hydrogen-bond donors (Lipinski definition) is 0. The number of ether oxygens (including phenoxy) is 2. The summed E-state index contributed by atoms with van der Waals surface area (Å²) in [7, 11) is 0. The van der Waals surface area contributed by atoms with Crippen LogP contribution in [0.15, 0.2) is 30.3 Å². The minimum absolute atomic E-state index is 0.0583. The Labute approximate surface area is 139 Å². The summed E-state index contributed by atoms with van der Waals surface area (Å²) >= 11 is 0. The van der Waals surface area contributed by atoms with Gasteiger partial charge in [-0.1, -0.05) is 30.3 Å². The van der Waals surface area contributed by atoms with Gasteiger partial charge in [0.05, 0.1) is 6.61 Å². The second-order valence-electron chi connectivity index (χ2n) is 7.46. The zero-order valence-electron chi connectivity index (χ0n) is 14.8. The van der Waals surface area contributed by atoms with Crippen molar-refractivity contribution in [3.63, 3.8) is 0 Å². The van der Waals surface area contributed by atoms with E-state index in [2.05, 4.69) is 24.3 Å². The van der Waals surface area contributed by atoms with Gasteiger partial charge in [-0.2, -0.15) is 0 Å². The lowest BCUT2D eigenvalue weighted by atomic mass is 9.76. The number of hydrogen-bond acceptors (Lipinski definition) is 3. The summed E-state index contributed by atoms with van der Waals surface area (Å²) in [6.45, 7) is 10.5. The number of amides is 1. The molecular weight excluding hydrogens is 290 g/mol. The van der Waals surface area contributed by atoms with E-state index in [1.54, 1.807) is 4.90 Å². The van der Waals surface area contributed by atoms with Gasteiger partial charge < -0.3 is 14.4 Å². The maximum Gasteiger partial charge on any atom is 0.410 e. The highest BCUT2D eigenvalue weighted by Crippen LogP contribution is 2.36. The first-order valence-corrected chi connectivity index (χ1v) is 8.43. The lowest BCUT2D eigenvalue weighted by Gasteiger charge is -2.50. The molecule has 4 heteroatoms. The molecule has 1 aliphatic heterocycles. The summed E-state index contributed by atoms with van der Waals surface area (Å²) in [6.07, 6.45) is 1.82. The van der Waals surface area contributed by atoms with E-state index in [0.29, 0.717) is 13.2 Å². The SMILES string of the molecule is CCOCC1(CCc2ccccc2)CN(C(=O)OC(C)(C)C)C1. The average molecular weight is 319 g/mol. The Morgan fingerprint density at radius 1 is 1.22 bits per heavy atom. The molecule has 2 rings (SSSR count). The van der Waals surface area contributed by atoms with Crippen molar-refractivity contribution in [2.75, 3.05) is 26.3 Å². The lowest BCUT2D eigenvalue weighted by molar-refractivity contribution is -0.0741. The fraction of sp³-hybridized carbons (Fsp3) is 0.632. The van der Waals surface area contributed by atoms with Crippen LogP contribution in [0.1, 0.15) is 39.7 Å². The van der Waals surface area contributed by atoms with Crippen molar-refractivity contribution in [2.45, 2.75) is 46.1 Å². The zero-order chi connectivity index (χ0) is 16.9. The highest BCUT2D eigenvalue weighted by molar-refractivity contribution is 5.69. The largest absolute Gasteiger partial charge is 0.444 e. The normalized spacial score (nSPS) is 16.8. The maximum absolute atomic E-state index is 12.1. The molecular formula is C19H29NO3. The standard InChI is InChI=1S/C19H29NO3/c1-5-22-15-19(12-11-16-9-7-6-8-10-16)13-20(14-19)17(21)23-18(2,3)4/h6-10H,5,11-15H2,1-4H3. The molecule has 0 spiro atoms. The monoisotopic (exact) mass is 319 g/mol. The predicted molar refractivity (Wildman–Crippen MR) is 91.5 cm³/mol. The Balaban J connectivity index is 1.90. The van der Waals surface area contributed by atoms with Gasteiger partial charge >= 0.3 is 6.09 Å². The van der Waals surface area contributed by atoms with Crippen molar-refractivity contribution >= 4 is 6.09 Å². The fourth-order valence-electron chi connectivity index (χ4n) is 2.91. The molecule has 0 atom stereocenters. The van der Waals surface area contributed by atoms with E-state index < -0.39 is 5.60 Å². The van der Waals surface area contributed by atoms with Crippen molar-refractivity contribution in [3.05, 3.63) is 35.9 Å². The molecule has 1 fully saturated rings. The molecule has 0 aliphatic carbocycles. The number of nitrogens with zero attached hydrogens (tertiary/aromatic N) is 1. The molecule has 1 aromatic carbocycles. The van der Waals surface area contributed by atoms with Crippen LogP contribution in [0.5, 0.6) is 0 Å². The van der Waals surface area contributed by atoms with Gasteiger partial charge in [0.15, 0.2) is 0 Å². The molecule has 0 saturated carbocycles. The van der Waals surface area contributed by atoms with E-state index in [4.69, 9.17) is 9.47 Å². The van der Waals surface area contributed by atoms with Crippen LogP contribution in [-0.4, -0.2) is 42.9 Å². The van der Waals surface area contributed by atoms with Crippen LogP contribution in [0.2, 0.25) is 0 Å². The summed E-state index contributed by atoms with van der Waals surface area (Å²) in [5.74, 6) is 0. The summed E-state index contributed by atoms with van der Waals surface area (Å²) in [5.41, 5.74) is 0.946. The van der Waals surface area contributed by atoms with Gasteiger partial charge in [0, 0.05) is 25.1 Å². The Hall–Kier alpha value is -1.55. The van der Waals surface area contributed by atoms with E-state index in [-0.39, 0.29) is 11.5 Å². The molecule has 0 radical (unpaired) electrons.